The number of hydrogen-bond donors (Lipinski definition) is 2. The smallest absolute Gasteiger partial charge is 0.231 e. The molecule has 0 saturated carbocycles. The number of benzene rings is 2. The average molecular weight is 466 g/mol. The lowest BCUT2D eigenvalue weighted by Crippen LogP contribution is -2.01. The van der Waals surface area contributed by atoms with Gasteiger partial charge in [0.15, 0.2) is 11.5 Å². The highest BCUT2D eigenvalue weighted by Gasteiger charge is 2.15. The highest BCUT2D eigenvalue weighted by Crippen LogP contribution is 2.35. The molecule has 0 saturated heterocycles. The van der Waals surface area contributed by atoms with Crippen LogP contribution in [0, 0.1) is 11.3 Å². The number of nitriles is 1. The van der Waals surface area contributed by atoms with Crippen LogP contribution in [0.5, 0.6) is 17.2 Å². The Morgan fingerprint density at radius 3 is 2.29 bits per heavy atom. The monoisotopic (exact) mass is 465 g/mol. The van der Waals surface area contributed by atoms with E-state index in [1.807, 2.05) is 24.3 Å². The van der Waals surface area contributed by atoms with Crippen molar-refractivity contribution in [3.05, 3.63) is 53.1 Å². The van der Waals surface area contributed by atoms with Crippen LogP contribution in [-0.4, -0.2) is 30.2 Å². The number of rotatable bonds is 15. The molecule has 1 aliphatic heterocycles. The summed E-state index contributed by atoms with van der Waals surface area (Å²) in [5, 5.41) is 28.3. The molecule has 1 aliphatic rings. The predicted octanol–water partition coefficient (Wildman–Crippen LogP) is 5.85. The fourth-order valence-corrected chi connectivity index (χ4v) is 4.00. The second kappa shape index (κ2) is 14.3. The van der Waals surface area contributed by atoms with Crippen molar-refractivity contribution in [2.75, 3.05) is 20.0 Å². The maximum absolute atomic E-state index is 9.82. The van der Waals surface area contributed by atoms with Gasteiger partial charge in [-0.3, -0.25) is 0 Å². The third-order valence-corrected chi connectivity index (χ3v) is 5.93. The van der Waals surface area contributed by atoms with E-state index >= 15 is 0 Å². The van der Waals surface area contributed by atoms with E-state index in [4.69, 9.17) is 19.3 Å². The summed E-state index contributed by atoms with van der Waals surface area (Å²) in [6.07, 6.45) is 12.1. The van der Waals surface area contributed by atoms with Gasteiger partial charge >= 0.3 is 0 Å². The van der Waals surface area contributed by atoms with Crippen LogP contribution < -0.4 is 14.2 Å². The van der Waals surface area contributed by atoms with Crippen molar-refractivity contribution in [1.29, 1.82) is 5.26 Å². The molecule has 0 amide bonds. The number of allylic oxidation sites excluding steroid dienone is 1. The number of unbranched alkanes of at least 4 members (excludes halogenated alkanes) is 8. The molecular weight excluding hydrogens is 430 g/mol. The van der Waals surface area contributed by atoms with Crippen molar-refractivity contribution in [2.45, 2.75) is 64.4 Å². The molecule has 0 spiro atoms. The Morgan fingerprint density at radius 2 is 1.59 bits per heavy atom. The summed E-state index contributed by atoms with van der Waals surface area (Å²) < 4.78 is 16.7. The molecule has 2 aromatic rings. The molecule has 6 nitrogen and oxygen atoms in total. The number of hydrogen-bond acceptors (Lipinski definition) is 6. The molecule has 0 aliphatic carbocycles. The lowest BCUT2D eigenvalue weighted by atomic mass is 10.0. The molecule has 34 heavy (non-hydrogen) atoms. The van der Waals surface area contributed by atoms with Gasteiger partial charge in [0, 0.05) is 12.2 Å². The van der Waals surface area contributed by atoms with Gasteiger partial charge in [-0.05, 0) is 60.4 Å². The van der Waals surface area contributed by atoms with Gasteiger partial charge in [0.05, 0.1) is 24.9 Å². The summed E-state index contributed by atoms with van der Waals surface area (Å²) in [4.78, 5) is 0. The zero-order valence-electron chi connectivity index (χ0n) is 19.8. The summed E-state index contributed by atoms with van der Waals surface area (Å²) >= 11 is 0. The number of ether oxygens (including phenoxy) is 3. The van der Waals surface area contributed by atoms with Gasteiger partial charge in [-0.1, -0.05) is 51.0 Å². The fraction of sp³-hybridized carbons (Fsp3) is 0.464. The van der Waals surface area contributed by atoms with Crippen LogP contribution in [0.2, 0.25) is 0 Å². The Balaban J connectivity index is 1.47. The van der Waals surface area contributed by atoms with Crippen molar-refractivity contribution in [2.24, 2.45) is 0 Å². The second-order valence-corrected chi connectivity index (χ2v) is 8.52. The maximum atomic E-state index is 9.82. The van der Waals surface area contributed by atoms with Crippen LogP contribution in [0.15, 0.2) is 36.4 Å². The summed E-state index contributed by atoms with van der Waals surface area (Å²) in [5.41, 5.74) is 2.79. The molecular formula is C28H35NO5. The van der Waals surface area contributed by atoms with Crippen LogP contribution in [0.3, 0.4) is 0 Å². The molecule has 0 fully saturated rings. The average Bonchev–Trinajstić information content (AvgIpc) is 3.34. The van der Waals surface area contributed by atoms with Crippen LogP contribution in [0.4, 0.5) is 0 Å². The first-order valence-corrected chi connectivity index (χ1v) is 12.2. The second-order valence-electron chi connectivity index (χ2n) is 8.52. The van der Waals surface area contributed by atoms with Gasteiger partial charge in [0.1, 0.15) is 5.75 Å². The van der Waals surface area contributed by atoms with E-state index in [-0.39, 0.29) is 13.4 Å². The number of aliphatic hydroxyl groups excluding tert-OH is 2. The molecule has 1 heterocycles. The van der Waals surface area contributed by atoms with E-state index in [2.05, 4.69) is 6.07 Å². The molecule has 0 aromatic heterocycles. The van der Waals surface area contributed by atoms with Gasteiger partial charge < -0.3 is 24.4 Å². The minimum Gasteiger partial charge on any atom is -0.493 e. The molecule has 0 unspecified atom stereocenters. The Hall–Kier alpha value is -3.01. The molecule has 3 rings (SSSR count). The Labute approximate surface area is 202 Å². The lowest BCUT2D eigenvalue weighted by molar-refractivity contribution is 0.174. The topological polar surface area (TPSA) is 91.9 Å². The van der Waals surface area contributed by atoms with Gasteiger partial charge in [-0.15, -0.1) is 0 Å². The van der Waals surface area contributed by atoms with E-state index in [1.165, 1.54) is 32.1 Å². The van der Waals surface area contributed by atoms with E-state index in [0.29, 0.717) is 41.6 Å². The summed E-state index contributed by atoms with van der Waals surface area (Å²) in [7, 11) is 0. The number of aliphatic hydroxyl groups is 2. The SMILES string of the molecule is N#C/C(=C\c1ccc(OCCCCCCCCCCCO)c(CO)c1)c1ccc2c(c1)OCO2. The van der Waals surface area contributed by atoms with Crippen LogP contribution in [0.25, 0.3) is 11.6 Å². The lowest BCUT2D eigenvalue weighted by Gasteiger charge is -2.11. The highest BCUT2D eigenvalue weighted by molar-refractivity contribution is 5.90. The maximum Gasteiger partial charge on any atom is 0.231 e. The zero-order chi connectivity index (χ0) is 24.0. The van der Waals surface area contributed by atoms with Crippen LogP contribution in [-0.2, 0) is 6.61 Å². The van der Waals surface area contributed by atoms with Crippen molar-refractivity contribution in [1.82, 2.24) is 0 Å². The first kappa shape index (κ1) is 25.6. The largest absolute Gasteiger partial charge is 0.493 e. The van der Waals surface area contributed by atoms with Crippen molar-refractivity contribution >= 4 is 11.6 Å². The van der Waals surface area contributed by atoms with Gasteiger partial charge in [0.2, 0.25) is 6.79 Å². The summed E-state index contributed by atoms with van der Waals surface area (Å²) in [5.74, 6) is 2.00. The minimum absolute atomic E-state index is 0.126. The molecule has 182 valence electrons. The minimum atomic E-state index is -0.126. The highest BCUT2D eigenvalue weighted by atomic mass is 16.7. The van der Waals surface area contributed by atoms with E-state index in [0.717, 1.165) is 36.8 Å². The fourth-order valence-electron chi connectivity index (χ4n) is 4.00. The third kappa shape index (κ3) is 7.79. The van der Waals surface area contributed by atoms with Crippen LogP contribution >= 0.6 is 0 Å². The van der Waals surface area contributed by atoms with E-state index < -0.39 is 0 Å². The molecule has 2 N–H and O–H groups in total. The Bertz CT molecular complexity index is 979. The van der Waals surface area contributed by atoms with Gasteiger partial charge in [0.25, 0.3) is 0 Å². The standard InChI is InChI=1S/C28H35NO5/c29-19-24(23-11-13-27-28(18-23)34-21-33-27)16-22-10-12-26(25(17-22)20-31)32-15-9-7-5-3-1-2-4-6-8-14-30/h10-13,16-18,30-31H,1-9,14-15,20-21H2/b24-16+. The van der Waals surface area contributed by atoms with Crippen molar-refractivity contribution < 1.29 is 24.4 Å². The first-order valence-electron chi connectivity index (χ1n) is 12.2. The molecule has 0 atom stereocenters. The first-order chi connectivity index (χ1) is 16.7. The quantitative estimate of drug-likeness (QED) is 0.195. The summed E-state index contributed by atoms with van der Waals surface area (Å²) in [6.45, 7) is 0.996. The predicted molar refractivity (Wildman–Crippen MR) is 133 cm³/mol. The molecule has 2 aromatic carbocycles. The molecule has 0 radical (unpaired) electrons. The van der Waals surface area contributed by atoms with E-state index in [9.17, 15) is 10.4 Å². The van der Waals surface area contributed by atoms with Gasteiger partial charge in [-0.2, -0.15) is 5.26 Å². The zero-order valence-corrected chi connectivity index (χ0v) is 19.8. The molecule has 0 bridgehead atoms. The van der Waals surface area contributed by atoms with Gasteiger partial charge in [-0.25, -0.2) is 0 Å². The normalized spacial score (nSPS) is 12.6. The Kier molecular flexibility index (Phi) is 10.8. The molecule has 6 heteroatoms. The van der Waals surface area contributed by atoms with Crippen molar-refractivity contribution in [3.8, 4) is 23.3 Å². The third-order valence-electron chi connectivity index (χ3n) is 5.93. The van der Waals surface area contributed by atoms with Crippen LogP contribution in [0.1, 0.15) is 74.5 Å². The number of fused-ring (bicyclic) bond motifs is 1. The summed E-state index contributed by atoms with van der Waals surface area (Å²) in [6, 6.07) is 13.3. The van der Waals surface area contributed by atoms with E-state index in [1.54, 1.807) is 18.2 Å². The number of nitrogens with zero attached hydrogens (tertiary/aromatic N) is 1. The van der Waals surface area contributed by atoms with Crippen molar-refractivity contribution in [3.63, 3.8) is 0 Å². The Morgan fingerprint density at radius 1 is 0.882 bits per heavy atom.